The smallest absolute Gasteiger partial charge is 0.408 e. The van der Waals surface area contributed by atoms with Crippen molar-refractivity contribution < 1.29 is 23.9 Å². The highest BCUT2D eigenvalue weighted by Gasteiger charge is 2.77. The molecule has 0 aromatic heterocycles. The summed E-state index contributed by atoms with van der Waals surface area (Å²) in [6.07, 6.45) is 7.63. The molecule has 1 amide bonds. The van der Waals surface area contributed by atoms with E-state index in [1.54, 1.807) is 6.92 Å². The summed E-state index contributed by atoms with van der Waals surface area (Å²) < 4.78 is 11.6. The molecule has 0 bridgehead atoms. The Morgan fingerprint density at radius 3 is 1.95 bits per heavy atom. The van der Waals surface area contributed by atoms with Crippen molar-refractivity contribution in [2.45, 2.75) is 159 Å². The summed E-state index contributed by atoms with van der Waals surface area (Å²) in [4.78, 5) is 39.0. The third kappa shape index (κ3) is 3.98. The molecule has 6 nitrogen and oxygen atoms in total. The first kappa shape index (κ1) is 32.5. The van der Waals surface area contributed by atoms with Crippen LogP contribution in [0.2, 0.25) is 0 Å². The Morgan fingerprint density at radius 2 is 1.37 bits per heavy atom. The van der Waals surface area contributed by atoms with Gasteiger partial charge in [0.15, 0.2) is 5.78 Å². The number of hydrogen-bond acceptors (Lipinski definition) is 5. The van der Waals surface area contributed by atoms with Crippen LogP contribution in [0.1, 0.15) is 141 Å². The summed E-state index contributed by atoms with van der Waals surface area (Å²) in [6, 6.07) is 0. The van der Waals surface area contributed by atoms with Crippen LogP contribution < -0.4 is 5.32 Å². The fourth-order valence-electron chi connectivity index (χ4n) is 12.2. The van der Waals surface area contributed by atoms with E-state index >= 15 is 0 Å². The highest BCUT2D eigenvalue weighted by molar-refractivity contribution is 6.02. The Kier molecular flexibility index (Phi) is 7.43. The van der Waals surface area contributed by atoms with Gasteiger partial charge in [0.1, 0.15) is 6.10 Å². The number of rotatable bonds is 4. The number of Topliss-reactive ketones (excluding diaryl/α,β-unsaturated/α-hetero) is 1. The van der Waals surface area contributed by atoms with Gasteiger partial charge in [0.2, 0.25) is 0 Å². The standard InChI is InChI=1S/C37H59NO5/c1-22(2)28-26(40)21-37(38-30(41)42-23(3)4)20-17-32(8)25(29(28)37)13-15-36(12)34(32,10)19-18-33(9)31(6,7)27(43-24(5)39)14-16-35(33,36)11/h22-23,25,27H,13-21H2,1-12H3,(H,38,41)/t25?,27-,32+,33-,34-,35-,36-,37+/m0/s1. The SMILES string of the molecule is CC(=O)O[C@H]1CC[C@]2(C)[C@@]3(C)CCC4C5=C(C(C)C)C(=O)C[C@]5(NC(=O)OC(C)C)CC[C@@]4(C)[C@]3(C)CC[C@@]2(C)C1(C)C. The summed E-state index contributed by atoms with van der Waals surface area (Å²) in [7, 11) is 0. The van der Waals surface area contributed by atoms with E-state index in [4.69, 9.17) is 9.47 Å². The number of esters is 1. The molecule has 1 N–H and O–H groups in total. The maximum Gasteiger partial charge on any atom is 0.408 e. The Labute approximate surface area is 260 Å². The highest BCUT2D eigenvalue weighted by atomic mass is 16.6. The lowest BCUT2D eigenvalue weighted by molar-refractivity contribution is -0.310. The van der Waals surface area contributed by atoms with Crippen LogP contribution >= 0.6 is 0 Å². The maximum absolute atomic E-state index is 13.8. The van der Waals surface area contributed by atoms with Crippen LogP contribution in [-0.4, -0.2) is 35.6 Å². The van der Waals surface area contributed by atoms with Crippen LogP contribution in [0.4, 0.5) is 4.79 Å². The second-order valence-electron chi connectivity index (χ2n) is 17.4. The number of amides is 1. The van der Waals surface area contributed by atoms with Gasteiger partial charge >= 0.3 is 12.1 Å². The lowest BCUT2D eigenvalue weighted by Crippen LogP contribution is -2.74. The summed E-state index contributed by atoms with van der Waals surface area (Å²) in [5, 5.41) is 3.29. The molecule has 0 radical (unpaired) electrons. The minimum atomic E-state index is -0.645. The molecule has 0 aromatic rings. The van der Waals surface area contributed by atoms with E-state index in [9.17, 15) is 14.4 Å². The summed E-state index contributed by atoms with van der Waals surface area (Å²) in [5.41, 5.74) is 1.52. The van der Waals surface area contributed by atoms with Crippen LogP contribution in [0.25, 0.3) is 0 Å². The van der Waals surface area contributed by atoms with Crippen LogP contribution in [0, 0.1) is 44.3 Å². The Hall–Kier alpha value is -1.85. The van der Waals surface area contributed by atoms with Crippen molar-refractivity contribution in [1.82, 2.24) is 5.32 Å². The minimum absolute atomic E-state index is 0.00208. The first-order valence-electron chi connectivity index (χ1n) is 17.1. The van der Waals surface area contributed by atoms with Gasteiger partial charge in [0, 0.05) is 18.8 Å². The largest absolute Gasteiger partial charge is 0.462 e. The number of hydrogen-bond donors (Lipinski definition) is 1. The van der Waals surface area contributed by atoms with Gasteiger partial charge < -0.3 is 14.8 Å². The van der Waals surface area contributed by atoms with E-state index in [1.807, 2.05) is 13.8 Å². The third-order valence-corrected chi connectivity index (χ3v) is 15.4. The Bertz CT molecular complexity index is 1250. The molecule has 1 unspecified atom stereocenters. The van der Waals surface area contributed by atoms with Crippen LogP contribution in [0.3, 0.4) is 0 Å². The van der Waals surface area contributed by atoms with Crippen molar-refractivity contribution in [2.24, 2.45) is 44.3 Å². The molecule has 43 heavy (non-hydrogen) atoms. The number of fused-ring (bicyclic) bond motifs is 7. The lowest BCUT2D eigenvalue weighted by atomic mass is 9.25. The minimum Gasteiger partial charge on any atom is -0.462 e. The van der Waals surface area contributed by atoms with E-state index in [-0.39, 0.29) is 68.3 Å². The molecule has 8 atom stereocenters. The summed E-state index contributed by atoms with van der Waals surface area (Å²) in [6.45, 7) is 27.0. The lowest BCUT2D eigenvalue weighted by Gasteiger charge is -2.79. The number of carbonyl (C=O) groups is 3. The molecule has 5 rings (SSSR count). The van der Waals surface area contributed by atoms with E-state index in [1.165, 1.54) is 5.57 Å². The predicted octanol–water partition coefficient (Wildman–Crippen LogP) is 8.57. The Morgan fingerprint density at radius 1 is 0.791 bits per heavy atom. The van der Waals surface area contributed by atoms with Crippen molar-refractivity contribution in [3.63, 3.8) is 0 Å². The fourth-order valence-corrected chi connectivity index (χ4v) is 12.2. The number of nitrogens with one attached hydrogen (secondary N) is 1. The second-order valence-corrected chi connectivity index (χ2v) is 17.4. The van der Waals surface area contributed by atoms with Gasteiger partial charge in [-0.25, -0.2) is 4.79 Å². The molecule has 6 heteroatoms. The first-order valence-corrected chi connectivity index (χ1v) is 17.1. The zero-order valence-corrected chi connectivity index (χ0v) is 29.2. The van der Waals surface area contributed by atoms with E-state index in [0.29, 0.717) is 6.42 Å². The number of alkyl carbamates (subject to hydrolysis) is 1. The second kappa shape index (κ2) is 9.82. The molecule has 0 saturated heterocycles. The van der Waals surface area contributed by atoms with E-state index in [2.05, 4.69) is 67.6 Å². The van der Waals surface area contributed by atoms with Gasteiger partial charge in [0.05, 0.1) is 11.6 Å². The van der Waals surface area contributed by atoms with Crippen molar-refractivity contribution in [3.05, 3.63) is 11.1 Å². The fraction of sp³-hybridized carbons (Fsp3) is 0.865. The molecule has 0 heterocycles. The third-order valence-electron chi connectivity index (χ3n) is 15.4. The number of ether oxygens (including phenoxy) is 2. The van der Waals surface area contributed by atoms with Gasteiger partial charge in [-0.05, 0) is 115 Å². The predicted molar refractivity (Wildman–Crippen MR) is 169 cm³/mol. The molecule has 4 fully saturated rings. The zero-order chi connectivity index (χ0) is 32.2. The van der Waals surface area contributed by atoms with E-state index in [0.717, 1.165) is 56.9 Å². The monoisotopic (exact) mass is 597 g/mol. The average molecular weight is 598 g/mol. The van der Waals surface area contributed by atoms with Crippen molar-refractivity contribution in [2.75, 3.05) is 0 Å². The molecular weight excluding hydrogens is 538 g/mol. The van der Waals surface area contributed by atoms with E-state index < -0.39 is 11.6 Å². The summed E-state index contributed by atoms with van der Waals surface area (Å²) >= 11 is 0. The molecular formula is C37H59NO5. The zero-order valence-electron chi connectivity index (χ0n) is 29.2. The number of ketones is 1. The molecule has 5 aliphatic carbocycles. The van der Waals surface area contributed by atoms with Gasteiger partial charge in [-0.1, -0.05) is 62.3 Å². The van der Waals surface area contributed by atoms with Crippen LogP contribution in [0.5, 0.6) is 0 Å². The highest BCUT2D eigenvalue weighted by Crippen LogP contribution is 2.83. The molecule has 4 saturated carbocycles. The number of carbonyl (C=O) groups excluding carboxylic acids is 3. The Balaban J connectivity index is 1.60. The number of allylic oxidation sites excluding steroid dienone is 1. The first-order chi connectivity index (χ1) is 19.7. The topological polar surface area (TPSA) is 81.7 Å². The van der Waals surface area contributed by atoms with Gasteiger partial charge in [-0.3, -0.25) is 9.59 Å². The van der Waals surface area contributed by atoms with Crippen LogP contribution in [-0.2, 0) is 19.1 Å². The van der Waals surface area contributed by atoms with Crippen molar-refractivity contribution >= 4 is 17.8 Å². The van der Waals surface area contributed by atoms with Crippen molar-refractivity contribution in [1.29, 1.82) is 0 Å². The molecule has 0 spiro atoms. The molecule has 0 aromatic carbocycles. The molecule has 5 aliphatic rings. The quantitative estimate of drug-likeness (QED) is 0.328. The normalized spacial score (nSPS) is 45.2. The van der Waals surface area contributed by atoms with Gasteiger partial charge in [-0.2, -0.15) is 0 Å². The van der Waals surface area contributed by atoms with Gasteiger partial charge in [0.25, 0.3) is 0 Å². The average Bonchev–Trinajstić information content (AvgIpc) is 3.17. The molecule has 0 aliphatic heterocycles. The molecule has 242 valence electrons. The summed E-state index contributed by atoms with van der Waals surface area (Å²) in [5.74, 6) is 0.370. The van der Waals surface area contributed by atoms with Crippen molar-refractivity contribution in [3.8, 4) is 0 Å². The van der Waals surface area contributed by atoms with Gasteiger partial charge in [-0.15, -0.1) is 0 Å². The van der Waals surface area contributed by atoms with Crippen LogP contribution in [0.15, 0.2) is 11.1 Å². The maximum atomic E-state index is 13.8.